The van der Waals surface area contributed by atoms with Crippen LogP contribution in [0.1, 0.15) is 40.0 Å². The molecule has 3 nitrogen and oxygen atoms in total. The fraction of sp³-hybridized carbons (Fsp3) is 1.00. The van der Waals surface area contributed by atoms with Crippen molar-refractivity contribution in [1.82, 2.24) is 10.4 Å². The average molecular weight is 238 g/mol. The van der Waals surface area contributed by atoms with E-state index in [0.29, 0.717) is 16.9 Å². The Hall–Kier alpha value is -0.120. The zero-order valence-electron chi connectivity index (χ0n) is 11.5. The van der Waals surface area contributed by atoms with Crippen LogP contribution < -0.4 is 5.43 Å². The standard InChI is InChI=1S/C14H26N2O/c1-13(2)11-4-5-14(3,10-11)12(13)15-16-6-8-17-9-7-16/h11-12,15H,4-10H2,1-3H3. The molecule has 3 fully saturated rings. The van der Waals surface area contributed by atoms with Crippen molar-refractivity contribution in [3.05, 3.63) is 0 Å². The molecule has 3 aliphatic rings. The van der Waals surface area contributed by atoms with Gasteiger partial charge in [0, 0.05) is 19.1 Å². The highest BCUT2D eigenvalue weighted by Crippen LogP contribution is 2.62. The van der Waals surface area contributed by atoms with E-state index in [-0.39, 0.29) is 0 Å². The maximum absolute atomic E-state index is 5.42. The second-order valence-electron chi connectivity index (χ2n) is 7.08. The monoisotopic (exact) mass is 238 g/mol. The van der Waals surface area contributed by atoms with Gasteiger partial charge in [0.15, 0.2) is 0 Å². The van der Waals surface area contributed by atoms with Crippen molar-refractivity contribution in [3.8, 4) is 0 Å². The minimum Gasteiger partial charge on any atom is -0.379 e. The lowest BCUT2D eigenvalue weighted by molar-refractivity contribution is -0.0308. The molecule has 3 rings (SSSR count). The maximum Gasteiger partial charge on any atom is 0.0608 e. The number of hydrogen-bond donors (Lipinski definition) is 1. The molecule has 3 unspecified atom stereocenters. The normalized spacial score (nSPS) is 45.4. The summed E-state index contributed by atoms with van der Waals surface area (Å²) in [5.41, 5.74) is 4.80. The van der Waals surface area contributed by atoms with Gasteiger partial charge in [-0.25, -0.2) is 5.01 Å². The molecule has 3 atom stereocenters. The Morgan fingerprint density at radius 3 is 2.47 bits per heavy atom. The summed E-state index contributed by atoms with van der Waals surface area (Å²) in [4.78, 5) is 0. The fourth-order valence-corrected chi connectivity index (χ4v) is 4.50. The van der Waals surface area contributed by atoms with Crippen LogP contribution in [0.3, 0.4) is 0 Å². The molecule has 0 spiro atoms. The van der Waals surface area contributed by atoms with Crippen LogP contribution in [0.25, 0.3) is 0 Å². The summed E-state index contributed by atoms with van der Waals surface area (Å²) in [6.07, 6.45) is 4.26. The Morgan fingerprint density at radius 1 is 1.18 bits per heavy atom. The lowest BCUT2D eigenvalue weighted by Crippen LogP contribution is -2.58. The molecule has 1 N–H and O–H groups in total. The summed E-state index contributed by atoms with van der Waals surface area (Å²) in [7, 11) is 0. The zero-order chi connectivity index (χ0) is 12.1. The number of morpholine rings is 1. The molecule has 1 heterocycles. The third-order valence-electron chi connectivity index (χ3n) is 5.59. The molecule has 3 heteroatoms. The molecule has 0 amide bonds. The second-order valence-corrected chi connectivity index (χ2v) is 7.08. The van der Waals surface area contributed by atoms with E-state index in [2.05, 4.69) is 31.2 Å². The molecule has 1 saturated heterocycles. The predicted molar refractivity (Wildman–Crippen MR) is 68.5 cm³/mol. The number of nitrogens with one attached hydrogen (secondary N) is 1. The molecule has 0 radical (unpaired) electrons. The van der Waals surface area contributed by atoms with Crippen LogP contribution in [0.4, 0.5) is 0 Å². The van der Waals surface area contributed by atoms with Crippen molar-refractivity contribution in [2.24, 2.45) is 16.7 Å². The SMILES string of the molecule is CC12CCC(C1)C(C)(C)C2NN1CCOCC1. The first-order valence-electron chi connectivity index (χ1n) is 7.11. The van der Waals surface area contributed by atoms with Gasteiger partial charge in [-0.1, -0.05) is 20.8 Å². The predicted octanol–water partition coefficient (Wildman–Crippen LogP) is 2.04. The van der Waals surface area contributed by atoms with Gasteiger partial charge in [-0.15, -0.1) is 0 Å². The lowest BCUT2D eigenvalue weighted by atomic mass is 9.69. The number of ether oxygens (including phenoxy) is 1. The number of fused-ring (bicyclic) bond motifs is 2. The van der Waals surface area contributed by atoms with E-state index in [1.807, 2.05) is 0 Å². The molecule has 0 aromatic rings. The van der Waals surface area contributed by atoms with Gasteiger partial charge in [0.05, 0.1) is 13.2 Å². The number of rotatable bonds is 2. The van der Waals surface area contributed by atoms with Crippen molar-refractivity contribution in [2.45, 2.75) is 46.1 Å². The fourth-order valence-electron chi connectivity index (χ4n) is 4.50. The van der Waals surface area contributed by atoms with Gasteiger partial charge in [-0.3, -0.25) is 5.43 Å². The van der Waals surface area contributed by atoms with Gasteiger partial charge in [-0.05, 0) is 36.0 Å². The van der Waals surface area contributed by atoms with Gasteiger partial charge in [0.2, 0.25) is 0 Å². The minimum atomic E-state index is 0.450. The van der Waals surface area contributed by atoms with E-state index in [1.165, 1.54) is 19.3 Å². The molecule has 2 bridgehead atoms. The summed E-state index contributed by atoms with van der Waals surface area (Å²) < 4.78 is 5.42. The molecule has 98 valence electrons. The van der Waals surface area contributed by atoms with Crippen LogP contribution in [0, 0.1) is 16.7 Å². The highest BCUT2D eigenvalue weighted by Gasteiger charge is 2.59. The molecular formula is C14H26N2O. The Morgan fingerprint density at radius 2 is 1.88 bits per heavy atom. The van der Waals surface area contributed by atoms with E-state index < -0.39 is 0 Å². The van der Waals surface area contributed by atoms with E-state index in [9.17, 15) is 0 Å². The number of hydrazine groups is 1. The van der Waals surface area contributed by atoms with Crippen LogP contribution in [0.5, 0.6) is 0 Å². The first-order chi connectivity index (χ1) is 8.02. The average Bonchev–Trinajstić information content (AvgIpc) is 2.77. The van der Waals surface area contributed by atoms with Crippen LogP contribution in [-0.4, -0.2) is 37.4 Å². The summed E-state index contributed by atoms with van der Waals surface area (Å²) in [5.74, 6) is 0.922. The van der Waals surface area contributed by atoms with Gasteiger partial charge in [-0.2, -0.15) is 0 Å². The van der Waals surface area contributed by atoms with Gasteiger partial charge < -0.3 is 4.74 Å². The third kappa shape index (κ3) is 1.83. The Bertz CT molecular complexity index is 294. The Balaban J connectivity index is 1.73. The first kappa shape index (κ1) is 11.9. The highest BCUT2D eigenvalue weighted by molar-refractivity contribution is 5.11. The van der Waals surface area contributed by atoms with Crippen molar-refractivity contribution in [2.75, 3.05) is 26.3 Å². The van der Waals surface area contributed by atoms with Crippen molar-refractivity contribution in [1.29, 1.82) is 0 Å². The Labute approximate surface area is 105 Å². The molecule has 0 aromatic heterocycles. The van der Waals surface area contributed by atoms with Gasteiger partial charge in [0.25, 0.3) is 0 Å². The van der Waals surface area contributed by atoms with Crippen molar-refractivity contribution >= 4 is 0 Å². The van der Waals surface area contributed by atoms with E-state index >= 15 is 0 Å². The molecule has 2 aliphatic carbocycles. The molecular weight excluding hydrogens is 212 g/mol. The van der Waals surface area contributed by atoms with E-state index in [1.54, 1.807) is 0 Å². The van der Waals surface area contributed by atoms with Gasteiger partial charge >= 0.3 is 0 Å². The second kappa shape index (κ2) is 3.94. The molecule has 1 aliphatic heterocycles. The summed E-state index contributed by atoms with van der Waals surface area (Å²) >= 11 is 0. The largest absolute Gasteiger partial charge is 0.379 e. The van der Waals surface area contributed by atoms with Crippen molar-refractivity contribution < 1.29 is 4.74 Å². The topological polar surface area (TPSA) is 24.5 Å². The zero-order valence-corrected chi connectivity index (χ0v) is 11.5. The number of nitrogens with zero attached hydrogens (tertiary/aromatic N) is 1. The summed E-state index contributed by atoms with van der Waals surface area (Å²) in [6, 6.07) is 0.645. The molecule has 2 saturated carbocycles. The van der Waals surface area contributed by atoms with Crippen LogP contribution in [0.2, 0.25) is 0 Å². The van der Waals surface area contributed by atoms with Crippen LogP contribution >= 0.6 is 0 Å². The van der Waals surface area contributed by atoms with Crippen LogP contribution in [0.15, 0.2) is 0 Å². The first-order valence-corrected chi connectivity index (χ1v) is 7.11. The minimum absolute atomic E-state index is 0.450. The quantitative estimate of drug-likeness (QED) is 0.797. The van der Waals surface area contributed by atoms with Gasteiger partial charge in [0.1, 0.15) is 0 Å². The molecule has 0 aromatic carbocycles. The Kier molecular flexibility index (Phi) is 2.77. The van der Waals surface area contributed by atoms with E-state index in [4.69, 9.17) is 4.74 Å². The number of hydrogen-bond acceptors (Lipinski definition) is 3. The van der Waals surface area contributed by atoms with Crippen molar-refractivity contribution in [3.63, 3.8) is 0 Å². The van der Waals surface area contributed by atoms with E-state index in [0.717, 1.165) is 32.2 Å². The maximum atomic E-state index is 5.42. The molecule has 17 heavy (non-hydrogen) atoms. The third-order valence-corrected chi connectivity index (χ3v) is 5.59. The summed E-state index contributed by atoms with van der Waals surface area (Å²) in [6.45, 7) is 11.2. The smallest absolute Gasteiger partial charge is 0.0608 e. The highest BCUT2D eigenvalue weighted by atomic mass is 16.5. The lowest BCUT2D eigenvalue weighted by Gasteiger charge is -2.46. The summed E-state index contributed by atoms with van der Waals surface area (Å²) in [5, 5.41) is 2.39. The van der Waals surface area contributed by atoms with Crippen LogP contribution in [-0.2, 0) is 4.74 Å².